The van der Waals surface area contributed by atoms with E-state index in [1.54, 1.807) is 6.92 Å². The third kappa shape index (κ3) is 3.16. The largest absolute Gasteiger partial charge is 0.370 e. The minimum atomic E-state index is -0.418. The van der Waals surface area contributed by atoms with Crippen LogP contribution in [0.5, 0.6) is 0 Å². The molecule has 0 heterocycles. The van der Waals surface area contributed by atoms with Crippen molar-refractivity contribution < 1.29 is 4.79 Å². The van der Waals surface area contributed by atoms with Crippen molar-refractivity contribution in [2.45, 2.75) is 13.3 Å². The number of amides is 1. The molecule has 3 nitrogen and oxygen atoms in total. The normalized spacial score (nSPS) is 12.0. The topological polar surface area (TPSA) is 66.9 Å². The van der Waals surface area contributed by atoms with E-state index in [4.69, 9.17) is 11.0 Å². The maximum atomic E-state index is 10.0. The third-order valence-corrected chi connectivity index (χ3v) is 0.728. The average Bonchev–Trinajstić information content (AvgIpc) is 1.65. The second-order valence-corrected chi connectivity index (χ2v) is 1.70. The van der Waals surface area contributed by atoms with Crippen LogP contribution in [0.1, 0.15) is 13.3 Å². The predicted octanol–water partition coefficient (Wildman–Crippen LogP) is 0.0215. The molecule has 1 amide bonds. The van der Waals surface area contributed by atoms with Gasteiger partial charge in [0.25, 0.3) is 0 Å². The quantitative estimate of drug-likeness (QED) is 0.547. The van der Waals surface area contributed by atoms with E-state index in [1.807, 2.05) is 6.07 Å². The molecule has 0 rings (SSSR count). The Morgan fingerprint density at radius 1 is 2.00 bits per heavy atom. The van der Waals surface area contributed by atoms with E-state index in [1.165, 1.54) is 0 Å². The van der Waals surface area contributed by atoms with Crippen LogP contribution in [-0.2, 0) is 4.79 Å². The number of rotatable bonds is 2. The van der Waals surface area contributed by atoms with Crippen LogP contribution in [-0.4, -0.2) is 5.91 Å². The first-order valence-corrected chi connectivity index (χ1v) is 2.34. The standard InChI is InChI=1S/C5H8N2O/c1-4(3-6)2-5(7)8/h4H,2H2,1H3,(H2,7,8). The lowest BCUT2D eigenvalue weighted by molar-refractivity contribution is -0.118. The van der Waals surface area contributed by atoms with Crippen LogP contribution in [0.25, 0.3) is 0 Å². The summed E-state index contributed by atoms with van der Waals surface area (Å²) >= 11 is 0. The van der Waals surface area contributed by atoms with E-state index < -0.39 is 5.91 Å². The molecule has 2 N–H and O–H groups in total. The molecule has 0 radical (unpaired) electrons. The highest BCUT2D eigenvalue weighted by Crippen LogP contribution is 1.95. The Morgan fingerprint density at radius 3 is 2.62 bits per heavy atom. The van der Waals surface area contributed by atoms with Crippen LogP contribution >= 0.6 is 0 Å². The van der Waals surface area contributed by atoms with Gasteiger partial charge in [0.15, 0.2) is 0 Å². The summed E-state index contributed by atoms with van der Waals surface area (Å²) in [7, 11) is 0. The van der Waals surface area contributed by atoms with Crippen molar-refractivity contribution in [2.24, 2.45) is 11.7 Å². The predicted molar refractivity (Wildman–Crippen MR) is 28.6 cm³/mol. The molecule has 0 saturated heterocycles. The van der Waals surface area contributed by atoms with Gasteiger partial charge in [-0.15, -0.1) is 0 Å². The number of carbonyl (C=O) groups excluding carboxylic acids is 1. The Balaban J connectivity index is 3.43. The maximum Gasteiger partial charge on any atom is 0.218 e. The molecule has 1 unspecified atom stereocenters. The molecule has 0 aliphatic heterocycles. The van der Waals surface area contributed by atoms with Gasteiger partial charge >= 0.3 is 0 Å². The van der Waals surface area contributed by atoms with Crippen LogP contribution in [0, 0.1) is 17.2 Å². The molecule has 0 aromatic rings. The molecule has 0 aliphatic carbocycles. The van der Waals surface area contributed by atoms with Crippen molar-refractivity contribution in [3.05, 3.63) is 0 Å². The molecule has 0 fully saturated rings. The lowest BCUT2D eigenvalue weighted by Crippen LogP contribution is -2.13. The Morgan fingerprint density at radius 2 is 2.50 bits per heavy atom. The zero-order valence-electron chi connectivity index (χ0n) is 4.72. The van der Waals surface area contributed by atoms with Gasteiger partial charge in [-0.3, -0.25) is 4.79 Å². The van der Waals surface area contributed by atoms with Gasteiger partial charge < -0.3 is 5.73 Å². The van der Waals surface area contributed by atoms with Crippen molar-refractivity contribution in [2.75, 3.05) is 0 Å². The molecule has 0 aliphatic rings. The fourth-order valence-corrected chi connectivity index (χ4v) is 0.347. The second kappa shape index (κ2) is 3.03. The van der Waals surface area contributed by atoms with Gasteiger partial charge in [0.1, 0.15) is 0 Å². The summed E-state index contributed by atoms with van der Waals surface area (Å²) < 4.78 is 0. The van der Waals surface area contributed by atoms with Gasteiger partial charge in [0.05, 0.1) is 12.0 Å². The first-order chi connectivity index (χ1) is 3.66. The summed E-state index contributed by atoms with van der Waals surface area (Å²) in [6.07, 6.45) is 0.163. The van der Waals surface area contributed by atoms with Crippen LogP contribution in [0.15, 0.2) is 0 Å². The van der Waals surface area contributed by atoms with Crippen molar-refractivity contribution in [1.82, 2.24) is 0 Å². The molecular formula is C5H8N2O. The lowest BCUT2D eigenvalue weighted by Gasteiger charge is -1.92. The molecule has 0 saturated carbocycles. The molecule has 1 atom stereocenters. The Bertz CT molecular complexity index is 125. The number of nitrogens with zero attached hydrogens (tertiary/aromatic N) is 1. The number of carbonyl (C=O) groups is 1. The third-order valence-electron chi connectivity index (χ3n) is 0.728. The SMILES string of the molecule is CC(C#N)CC(N)=O. The molecule has 0 aromatic carbocycles. The minimum absolute atomic E-state index is 0.163. The van der Waals surface area contributed by atoms with Crippen molar-refractivity contribution >= 4 is 5.91 Å². The van der Waals surface area contributed by atoms with E-state index in [2.05, 4.69) is 0 Å². The average molecular weight is 112 g/mol. The highest BCUT2D eigenvalue weighted by molar-refractivity contribution is 5.74. The summed E-state index contributed by atoms with van der Waals surface area (Å²) in [5.74, 6) is -0.661. The Kier molecular flexibility index (Phi) is 2.63. The van der Waals surface area contributed by atoms with Gasteiger partial charge in [0, 0.05) is 6.42 Å². The van der Waals surface area contributed by atoms with E-state index in [-0.39, 0.29) is 12.3 Å². The van der Waals surface area contributed by atoms with Gasteiger partial charge in [-0.05, 0) is 6.92 Å². The summed E-state index contributed by atoms with van der Waals surface area (Å²) in [5, 5.41) is 8.13. The monoisotopic (exact) mass is 112 g/mol. The molecule has 0 spiro atoms. The van der Waals surface area contributed by atoms with Crippen molar-refractivity contribution in [1.29, 1.82) is 5.26 Å². The van der Waals surface area contributed by atoms with Crippen molar-refractivity contribution in [3.8, 4) is 6.07 Å². The number of primary amides is 1. The first-order valence-electron chi connectivity index (χ1n) is 2.34. The van der Waals surface area contributed by atoms with Crippen LogP contribution in [0.2, 0.25) is 0 Å². The molecule has 0 aromatic heterocycles. The van der Waals surface area contributed by atoms with Gasteiger partial charge in [0.2, 0.25) is 5.91 Å². The molecule has 8 heavy (non-hydrogen) atoms. The highest BCUT2D eigenvalue weighted by Gasteiger charge is 2.01. The number of hydrogen-bond acceptors (Lipinski definition) is 2. The summed E-state index contributed by atoms with van der Waals surface area (Å²) in [4.78, 5) is 10.0. The van der Waals surface area contributed by atoms with Gasteiger partial charge in [-0.1, -0.05) is 0 Å². The smallest absolute Gasteiger partial charge is 0.218 e. The van der Waals surface area contributed by atoms with E-state index in [0.717, 1.165) is 0 Å². The zero-order valence-corrected chi connectivity index (χ0v) is 4.72. The van der Waals surface area contributed by atoms with Gasteiger partial charge in [-0.25, -0.2) is 0 Å². The van der Waals surface area contributed by atoms with Crippen LogP contribution in [0.4, 0.5) is 0 Å². The second-order valence-electron chi connectivity index (χ2n) is 1.70. The number of hydrogen-bond donors (Lipinski definition) is 1. The fourth-order valence-electron chi connectivity index (χ4n) is 0.347. The maximum absolute atomic E-state index is 10.0. The number of nitriles is 1. The fraction of sp³-hybridized carbons (Fsp3) is 0.600. The van der Waals surface area contributed by atoms with E-state index in [9.17, 15) is 4.79 Å². The van der Waals surface area contributed by atoms with Crippen LogP contribution in [0.3, 0.4) is 0 Å². The zero-order chi connectivity index (χ0) is 6.57. The first kappa shape index (κ1) is 6.96. The Hall–Kier alpha value is -1.04. The summed E-state index contributed by atoms with van der Waals surface area (Å²) in [5.41, 5.74) is 4.78. The highest BCUT2D eigenvalue weighted by atomic mass is 16.1. The molecule has 0 bridgehead atoms. The Labute approximate surface area is 48.1 Å². The molecule has 44 valence electrons. The molecular weight excluding hydrogens is 104 g/mol. The molecule has 3 heteroatoms. The lowest BCUT2D eigenvalue weighted by atomic mass is 10.1. The van der Waals surface area contributed by atoms with Gasteiger partial charge in [-0.2, -0.15) is 5.26 Å². The summed E-state index contributed by atoms with van der Waals surface area (Å²) in [6.45, 7) is 1.66. The van der Waals surface area contributed by atoms with Crippen LogP contribution < -0.4 is 5.73 Å². The minimum Gasteiger partial charge on any atom is -0.370 e. The van der Waals surface area contributed by atoms with Crippen molar-refractivity contribution in [3.63, 3.8) is 0 Å². The summed E-state index contributed by atoms with van der Waals surface area (Å²) in [6, 6.07) is 1.90. The van der Waals surface area contributed by atoms with E-state index in [0.29, 0.717) is 0 Å². The number of nitrogens with two attached hydrogens (primary N) is 1. The van der Waals surface area contributed by atoms with E-state index >= 15 is 0 Å².